The molecule has 23 heavy (non-hydrogen) atoms. The first-order valence-corrected chi connectivity index (χ1v) is 8.22. The normalized spacial score (nSPS) is 17.9. The first kappa shape index (κ1) is 17.5. The van der Waals surface area contributed by atoms with Crippen molar-refractivity contribution in [1.82, 2.24) is 4.90 Å². The molecule has 5 nitrogen and oxygen atoms in total. The van der Waals surface area contributed by atoms with Crippen molar-refractivity contribution in [3.8, 4) is 5.75 Å². The number of carbonyl (C=O) groups excluding carboxylic acids is 1. The van der Waals surface area contributed by atoms with Crippen molar-refractivity contribution in [2.24, 2.45) is 5.92 Å². The van der Waals surface area contributed by atoms with Gasteiger partial charge in [-0.25, -0.2) is 4.79 Å². The van der Waals surface area contributed by atoms with Gasteiger partial charge in [0.2, 0.25) is 0 Å². The summed E-state index contributed by atoms with van der Waals surface area (Å²) in [6.45, 7) is 3.50. The summed E-state index contributed by atoms with van der Waals surface area (Å²) in [4.78, 5) is 25.7. The fourth-order valence-electron chi connectivity index (χ4n) is 2.34. The topological polar surface area (TPSA) is 66.8 Å². The fourth-order valence-corrected chi connectivity index (χ4v) is 3.66. The van der Waals surface area contributed by atoms with Gasteiger partial charge in [-0.15, -0.1) is 0 Å². The van der Waals surface area contributed by atoms with E-state index in [9.17, 15) is 14.7 Å². The molecule has 1 amide bonds. The number of hydrogen-bond donors (Lipinski definition) is 1. The summed E-state index contributed by atoms with van der Waals surface area (Å²) in [5.74, 6) is -1.06. The second-order valence-corrected chi connectivity index (χ2v) is 7.00. The minimum absolute atomic E-state index is 0.249. The highest BCUT2D eigenvalue weighted by Crippen LogP contribution is 2.36. The van der Waals surface area contributed by atoms with Gasteiger partial charge in [0.25, 0.3) is 5.91 Å². The number of carboxylic acids is 1. The van der Waals surface area contributed by atoms with Crippen LogP contribution in [0.2, 0.25) is 0 Å². The van der Waals surface area contributed by atoms with Crippen LogP contribution in [0.5, 0.6) is 5.75 Å². The lowest BCUT2D eigenvalue weighted by atomic mass is 10.0. The maximum Gasteiger partial charge on any atom is 0.327 e. The molecule has 1 fully saturated rings. The van der Waals surface area contributed by atoms with Crippen LogP contribution in [0.15, 0.2) is 29.2 Å². The van der Waals surface area contributed by atoms with E-state index in [1.54, 1.807) is 33.1 Å². The number of carbonyl (C=O) groups is 2. The Bertz CT molecular complexity index is 684. The SMILES string of the molecule is COc1ccccc1/C=C1/SC(=S)N([C@@H](C(=O)O)C(C)C)C1=O. The number of aliphatic carboxylic acids is 1. The van der Waals surface area contributed by atoms with Crippen LogP contribution in [0.25, 0.3) is 6.08 Å². The molecular weight excluding hydrogens is 334 g/mol. The molecule has 0 spiro atoms. The highest BCUT2D eigenvalue weighted by Gasteiger charge is 2.41. The monoisotopic (exact) mass is 351 g/mol. The number of hydrogen-bond acceptors (Lipinski definition) is 5. The van der Waals surface area contributed by atoms with E-state index in [1.807, 2.05) is 18.2 Å². The molecule has 1 atom stereocenters. The van der Waals surface area contributed by atoms with E-state index in [0.29, 0.717) is 10.7 Å². The molecule has 1 aromatic rings. The molecule has 0 bridgehead atoms. The van der Waals surface area contributed by atoms with Gasteiger partial charge in [-0.2, -0.15) is 0 Å². The van der Waals surface area contributed by atoms with Crippen molar-refractivity contribution in [3.05, 3.63) is 34.7 Å². The van der Waals surface area contributed by atoms with E-state index in [4.69, 9.17) is 17.0 Å². The van der Waals surface area contributed by atoms with E-state index in [-0.39, 0.29) is 16.1 Å². The first-order valence-electron chi connectivity index (χ1n) is 6.99. The average Bonchev–Trinajstić information content (AvgIpc) is 2.75. The van der Waals surface area contributed by atoms with Gasteiger partial charge in [-0.3, -0.25) is 9.69 Å². The lowest BCUT2D eigenvalue weighted by molar-refractivity contribution is -0.146. The summed E-state index contributed by atoms with van der Waals surface area (Å²) < 4.78 is 5.52. The Morgan fingerprint density at radius 2 is 2.04 bits per heavy atom. The minimum Gasteiger partial charge on any atom is -0.496 e. The minimum atomic E-state index is -1.06. The summed E-state index contributed by atoms with van der Waals surface area (Å²) >= 11 is 6.33. The zero-order valence-electron chi connectivity index (χ0n) is 13.0. The number of ether oxygens (including phenoxy) is 1. The van der Waals surface area contributed by atoms with Gasteiger partial charge in [-0.05, 0) is 18.1 Å². The number of benzene rings is 1. The van der Waals surface area contributed by atoms with Crippen molar-refractivity contribution in [2.45, 2.75) is 19.9 Å². The smallest absolute Gasteiger partial charge is 0.327 e. The van der Waals surface area contributed by atoms with Gasteiger partial charge in [-0.1, -0.05) is 56.0 Å². The molecule has 1 saturated heterocycles. The molecule has 7 heteroatoms. The lowest BCUT2D eigenvalue weighted by Crippen LogP contribution is -2.47. The predicted octanol–water partition coefficient (Wildman–Crippen LogP) is 3.01. The van der Waals surface area contributed by atoms with E-state index < -0.39 is 12.0 Å². The van der Waals surface area contributed by atoms with Gasteiger partial charge in [0, 0.05) is 5.56 Å². The second-order valence-electron chi connectivity index (χ2n) is 5.32. The number of rotatable bonds is 5. The van der Waals surface area contributed by atoms with Crippen molar-refractivity contribution in [1.29, 1.82) is 0 Å². The van der Waals surface area contributed by atoms with Gasteiger partial charge >= 0.3 is 5.97 Å². The third-order valence-electron chi connectivity index (χ3n) is 3.41. The van der Waals surface area contributed by atoms with Crippen LogP contribution in [0.1, 0.15) is 19.4 Å². The molecule has 0 unspecified atom stereocenters. The second kappa shape index (κ2) is 7.14. The van der Waals surface area contributed by atoms with E-state index in [2.05, 4.69) is 0 Å². The lowest BCUT2D eigenvalue weighted by Gasteiger charge is -2.26. The molecule has 0 aromatic heterocycles. The van der Waals surface area contributed by atoms with Crippen LogP contribution < -0.4 is 4.74 Å². The van der Waals surface area contributed by atoms with Crippen molar-refractivity contribution < 1.29 is 19.4 Å². The number of carboxylic acid groups (broad SMARTS) is 1. The van der Waals surface area contributed by atoms with Crippen LogP contribution >= 0.6 is 24.0 Å². The quantitative estimate of drug-likeness (QED) is 0.650. The van der Waals surface area contributed by atoms with Gasteiger partial charge in [0.15, 0.2) is 0 Å². The molecule has 2 rings (SSSR count). The highest BCUT2D eigenvalue weighted by molar-refractivity contribution is 8.26. The molecule has 1 heterocycles. The molecular formula is C16H17NO4S2. The number of amides is 1. The molecule has 1 aliphatic rings. The van der Waals surface area contributed by atoms with E-state index in [1.165, 1.54) is 4.90 Å². The Kier molecular flexibility index (Phi) is 5.43. The fraction of sp³-hybridized carbons (Fsp3) is 0.312. The molecule has 0 radical (unpaired) electrons. The standard InChI is InChI=1S/C16H17NO4S2/c1-9(2)13(15(19)20)17-14(18)12(23-16(17)22)8-10-6-4-5-7-11(10)21-3/h4-9,13H,1-3H3,(H,19,20)/b12-8+/t13-/m1/s1. The number of thioether (sulfide) groups is 1. The molecule has 1 N–H and O–H groups in total. The maximum atomic E-state index is 12.6. The average molecular weight is 351 g/mol. The van der Waals surface area contributed by atoms with Crippen LogP contribution in [0.3, 0.4) is 0 Å². The third kappa shape index (κ3) is 3.56. The number of para-hydroxylation sites is 1. The van der Waals surface area contributed by atoms with Crippen LogP contribution in [-0.4, -0.2) is 39.4 Å². The highest BCUT2D eigenvalue weighted by atomic mass is 32.2. The Balaban J connectivity index is 2.38. The van der Waals surface area contributed by atoms with Crippen LogP contribution in [0, 0.1) is 5.92 Å². The van der Waals surface area contributed by atoms with Crippen molar-refractivity contribution in [3.63, 3.8) is 0 Å². The number of nitrogens with zero attached hydrogens (tertiary/aromatic N) is 1. The van der Waals surface area contributed by atoms with Crippen molar-refractivity contribution in [2.75, 3.05) is 7.11 Å². The summed E-state index contributed by atoms with van der Waals surface area (Å²) in [7, 11) is 1.55. The summed E-state index contributed by atoms with van der Waals surface area (Å²) in [6, 6.07) is 6.32. The zero-order chi connectivity index (χ0) is 17.1. The third-order valence-corrected chi connectivity index (χ3v) is 4.74. The van der Waals surface area contributed by atoms with Crippen LogP contribution in [0.4, 0.5) is 0 Å². The summed E-state index contributed by atoms with van der Waals surface area (Å²) in [5.41, 5.74) is 0.743. The molecule has 0 saturated carbocycles. The summed E-state index contributed by atoms with van der Waals surface area (Å²) in [5, 5.41) is 9.40. The predicted molar refractivity (Wildman–Crippen MR) is 94.3 cm³/mol. The van der Waals surface area contributed by atoms with Gasteiger partial charge < -0.3 is 9.84 Å². The summed E-state index contributed by atoms with van der Waals surface area (Å²) in [6.07, 6.45) is 1.68. The molecule has 122 valence electrons. The molecule has 1 aliphatic heterocycles. The molecule has 1 aromatic carbocycles. The maximum absolute atomic E-state index is 12.6. The number of thiocarbonyl (C=S) groups is 1. The molecule has 0 aliphatic carbocycles. The van der Waals surface area contributed by atoms with Gasteiger partial charge in [0.05, 0.1) is 12.0 Å². The largest absolute Gasteiger partial charge is 0.496 e. The Labute approximate surface area is 144 Å². The Morgan fingerprint density at radius 3 is 2.61 bits per heavy atom. The number of methoxy groups -OCH3 is 1. The van der Waals surface area contributed by atoms with Crippen molar-refractivity contribution >= 4 is 46.3 Å². The van der Waals surface area contributed by atoms with Gasteiger partial charge in [0.1, 0.15) is 16.1 Å². The van der Waals surface area contributed by atoms with E-state index in [0.717, 1.165) is 17.3 Å². The Hall–Kier alpha value is -1.86. The first-order chi connectivity index (χ1) is 10.9. The Morgan fingerprint density at radius 1 is 1.39 bits per heavy atom. The zero-order valence-corrected chi connectivity index (χ0v) is 14.6. The van der Waals surface area contributed by atoms with E-state index >= 15 is 0 Å². The van der Waals surface area contributed by atoms with Crippen LogP contribution in [-0.2, 0) is 9.59 Å².